The van der Waals surface area contributed by atoms with E-state index in [0.29, 0.717) is 12.4 Å². The first-order valence-corrected chi connectivity index (χ1v) is 7.74. The minimum atomic E-state index is -3.60. The molecule has 1 aromatic heterocycles. The predicted octanol–water partition coefficient (Wildman–Crippen LogP) is 1.20. The highest BCUT2D eigenvalue weighted by Gasteiger charge is 2.21. The topological polar surface area (TPSA) is 94.6 Å². The molecule has 0 radical (unpaired) electrons. The normalized spacial score (nSPS) is 12.3. The van der Waals surface area contributed by atoms with E-state index in [4.69, 9.17) is 14.9 Å². The van der Waals surface area contributed by atoms with Gasteiger partial charge in [-0.3, -0.25) is 0 Å². The largest absolute Gasteiger partial charge is 0.452 e. The molecule has 1 rings (SSSR count). The van der Waals surface area contributed by atoms with E-state index in [9.17, 15) is 8.42 Å². The summed E-state index contributed by atoms with van der Waals surface area (Å²) < 4.78 is 36.8. The van der Waals surface area contributed by atoms with Crippen molar-refractivity contribution < 1.29 is 17.6 Å². The van der Waals surface area contributed by atoms with Crippen molar-refractivity contribution in [3.05, 3.63) is 16.5 Å². The number of rotatable bonds is 7. The van der Waals surface area contributed by atoms with E-state index in [1.165, 1.54) is 6.07 Å². The Morgan fingerprint density at radius 3 is 2.72 bits per heavy atom. The van der Waals surface area contributed by atoms with Gasteiger partial charge in [-0.1, -0.05) is 0 Å². The van der Waals surface area contributed by atoms with Crippen LogP contribution < -0.4 is 10.5 Å². The number of halogens is 1. The van der Waals surface area contributed by atoms with Crippen LogP contribution in [0.25, 0.3) is 0 Å². The molecule has 18 heavy (non-hydrogen) atoms. The lowest BCUT2D eigenvalue weighted by molar-refractivity contribution is 0.0834. The minimum Gasteiger partial charge on any atom is -0.452 e. The third-order valence-corrected chi connectivity index (χ3v) is 4.36. The average molecular weight is 341 g/mol. The van der Waals surface area contributed by atoms with Crippen LogP contribution in [0.5, 0.6) is 0 Å². The second-order valence-electron chi connectivity index (χ2n) is 3.87. The van der Waals surface area contributed by atoms with Gasteiger partial charge in [0.05, 0.1) is 19.3 Å². The van der Waals surface area contributed by atoms with Crippen molar-refractivity contribution in [2.45, 2.75) is 31.4 Å². The van der Waals surface area contributed by atoms with Crippen LogP contribution in [0.1, 0.15) is 19.6 Å². The van der Waals surface area contributed by atoms with Crippen molar-refractivity contribution in [1.82, 2.24) is 4.72 Å². The summed E-state index contributed by atoms with van der Waals surface area (Å²) in [6.45, 7) is 4.43. The number of nitrogens with two attached hydrogens (primary N) is 1. The maximum atomic E-state index is 11.9. The van der Waals surface area contributed by atoms with Crippen LogP contribution in [-0.2, 0) is 21.3 Å². The fraction of sp³-hybridized carbons (Fsp3) is 0.600. The first kappa shape index (κ1) is 15.6. The second kappa shape index (κ2) is 6.67. The molecule has 0 spiro atoms. The summed E-state index contributed by atoms with van der Waals surface area (Å²) >= 11 is 3.05. The molecule has 0 bridgehead atoms. The van der Waals surface area contributed by atoms with Gasteiger partial charge in [0.15, 0.2) is 4.67 Å². The van der Waals surface area contributed by atoms with E-state index < -0.39 is 10.0 Å². The SMILES string of the molecule is CC(C)OCCNS(=O)(=O)c1cc(CN)oc1Br. The molecular formula is C10H17BrN2O4S. The summed E-state index contributed by atoms with van der Waals surface area (Å²) in [6, 6.07) is 1.40. The molecule has 0 aliphatic heterocycles. The van der Waals surface area contributed by atoms with Crippen molar-refractivity contribution in [3.8, 4) is 0 Å². The van der Waals surface area contributed by atoms with E-state index in [1.54, 1.807) is 0 Å². The molecule has 0 aromatic carbocycles. The third kappa shape index (κ3) is 4.36. The zero-order valence-electron chi connectivity index (χ0n) is 10.3. The lowest BCUT2D eigenvalue weighted by Gasteiger charge is -2.08. The lowest BCUT2D eigenvalue weighted by atomic mass is 10.5. The molecule has 3 N–H and O–H groups in total. The first-order chi connectivity index (χ1) is 8.36. The van der Waals surface area contributed by atoms with Gasteiger partial charge in [-0.15, -0.1) is 0 Å². The average Bonchev–Trinajstić information content (AvgIpc) is 2.66. The van der Waals surface area contributed by atoms with Gasteiger partial charge in [-0.2, -0.15) is 0 Å². The number of sulfonamides is 1. The Labute approximate surface area is 115 Å². The molecule has 6 nitrogen and oxygen atoms in total. The van der Waals surface area contributed by atoms with Gasteiger partial charge in [-0.25, -0.2) is 13.1 Å². The maximum Gasteiger partial charge on any atom is 0.245 e. The van der Waals surface area contributed by atoms with Crippen LogP contribution in [-0.4, -0.2) is 27.7 Å². The van der Waals surface area contributed by atoms with Gasteiger partial charge in [-0.05, 0) is 29.8 Å². The molecule has 1 aromatic rings. The molecule has 0 saturated carbocycles. The molecule has 1 heterocycles. The smallest absolute Gasteiger partial charge is 0.245 e. The first-order valence-electron chi connectivity index (χ1n) is 5.46. The van der Waals surface area contributed by atoms with Crippen LogP contribution in [0.2, 0.25) is 0 Å². The molecule has 104 valence electrons. The molecule has 0 saturated heterocycles. The summed E-state index contributed by atoms with van der Waals surface area (Å²) in [7, 11) is -3.60. The summed E-state index contributed by atoms with van der Waals surface area (Å²) in [6.07, 6.45) is 0.0685. The number of ether oxygens (including phenoxy) is 1. The Kier molecular flexibility index (Phi) is 5.80. The Morgan fingerprint density at radius 1 is 1.56 bits per heavy atom. The van der Waals surface area contributed by atoms with Gasteiger partial charge < -0.3 is 14.9 Å². The van der Waals surface area contributed by atoms with Crippen molar-refractivity contribution in [1.29, 1.82) is 0 Å². The highest BCUT2D eigenvalue weighted by molar-refractivity contribution is 9.10. The fourth-order valence-electron chi connectivity index (χ4n) is 1.23. The van der Waals surface area contributed by atoms with Gasteiger partial charge in [0.25, 0.3) is 0 Å². The summed E-state index contributed by atoms with van der Waals surface area (Å²) in [4.78, 5) is 0.0486. The number of hydrogen-bond acceptors (Lipinski definition) is 5. The molecule has 0 atom stereocenters. The number of hydrogen-bond donors (Lipinski definition) is 2. The predicted molar refractivity (Wildman–Crippen MR) is 70.6 cm³/mol. The van der Waals surface area contributed by atoms with Crippen LogP contribution in [0.3, 0.4) is 0 Å². The van der Waals surface area contributed by atoms with Gasteiger partial charge in [0.2, 0.25) is 10.0 Å². The molecule has 0 unspecified atom stereocenters. The van der Waals surface area contributed by atoms with Crippen LogP contribution in [0.4, 0.5) is 0 Å². The zero-order valence-corrected chi connectivity index (χ0v) is 12.7. The highest BCUT2D eigenvalue weighted by atomic mass is 79.9. The minimum absolute atomic E-state index is 0.0486. The van der Waals surface area contributed by atoms with Gasteiger partial charge in [0, 0.05) is 12.6 Å². The van der Waals surface area contributed by atoms with Gasteiger partial charge >= 0.3 is 0 Å². The van der Waals surface area contributed by atoms with E-state index in [2.05, 4.69) is 20.7 Å². The van der Waals surface area contributed by atoms with E-state index in [-0.39, 0.29) is 28.8 Å². The van der Waals surface area contributed by atoms with Crippen LogP contribution >= 0.6 is 15.9 Å². The van der Waals surface area contributed by atoms with Crippen molar-refractivity contribution in [2.75, 3.05) is 13.2 Å². The second-order valence-corrected chi connectivity index (χ2v) is 6.33. The lowest BCUT2D eigenvalue weighted by Crippen LogP contribution is -2.28. The summed E-state index contributed by atoms with van der Waals surface area (Å²) in [5, 5.41) is 0. The molecule has 8 heteroatoms. The maximum absolute atomic E-state index is 11.9. The highest BCUT2D eigenvalue weighted by Crippen LogP contribution is 2.25. The number of nitrogens with one attached hydrogen (secondary N) is 1. The van der Waals surface area contributed by atoms with Gasteiger partial charge in [0.1, 0.15) is 10.7 Å². The van der Waals surface area contributed by atoms with Crippen LogP contribution in [0.15, 0.2) is 20.0 Å². The molecule has 0 fully saturated rings. The quantitative estimate of drug-likeness (QED) is 0.727. The third-order valence-electron chi connectivity index (χ3n) is 2.04. The van der Waals surface area contributed by atoms with Crippen LogP contribution in [0, 0.1) is 0 Å². The molecule has 0 aliphatic carbocycles. The monoisotopic (exact) mass is 340 g/mol. The van der Waals surface area contributed by atoms with E-state index in [1.807, 2.05) is 13.8 Å². The Morgan fingerprint density at radius 2 is 2.22 bits per heavy atom. The Hall–Kier alpha value is -0.410. The summed E-state index contributed by atoms with van der Waals surface area (Å²) in [5.74, 6) is 0.403. The molecule has 0 amide bonds. The Bertz CT molecular complexity index is 484. The van der Waals surface area contributed by atoms with Crippen molar-refractivity contribution in [2.24, 2.45) is 5.73 Å². The van der Waals surface area contributed by atoms with Crippen molar-refractivity contribution in [3.63, 3.8) is 0 Å². The Balaban J connectivity index is 2.65. The molecule has 0 aliphatic rings. The summed E-state index contributed by atoms with van der Waals surface area (Å²) in [5.41, 5.74) is 5.38. The van der Waals surface area contributed by atoms with Crippen molar-refractivity contribution >= 4 is 26.0 Å². The molecular weight excluding hydrogens is 324 g/mol. The van der Waals surface area contributed by atoms with E-state index in [0.717, 1.165) is 0 Å². The number of furan rings is 1. The fourth-order valence-corrected chi connectivity index (χ4v) is 3.24. The van der Waals surface area contributed by atoms with E-state index >= 15 is 0 Å². The zero-order chi connectivity index (χ0) is 13.8. The standard InChI is InChI=1S/C10H17BrN2O4S/c1-7(2)16-4-3-13-18(14,15)9-5-8(6-12)17-10(9)11/h5,7,13H,3-4,6,12H2,1-2H3.